The summed E-state index contributed by atoms with van der Waals surface area (Å²) in [7, 11) is 1.55. The van der Waals surface area contributed by atoms with E-state index in [9.17, 15) is 14.4 Å². The predicted molar refractivity (Wildman–Crippen MR) is 101 cm³/mol. The Bertz CT molecular complexity index is 956. The molecule has 1 fully saturated rings. The molecule has 1 atom stereocenters. The van der Waals surface area contributed by atoms with Crippen molar-refractivity contribution in [3.63, 3.8) is 0 Å². The summed E-state index contributed by atoms with van der Waals surface area (Å²) in [5.74, 6) is 0.0977. The zero-order valence-electron chi connectivity index (χ0n) is 15.7. The molecule has 0 aliphatic carbocycles. The molecule has 0 aromatic heterocycles. The molecule has 0 saturated carbocycles. The van der Waals surface area contributed by atoms with Crippen molar-refractivity contribution in [2.24, 2.45) is 0 Å². The topological polar surface area (TPSA) is 76.2 Å². The van der Waals surface area contributed by atoms with Crippen molar-refractivity contribution in [2.75, 3.05) is 18.6 Å². The summed E-state index contributed by atoms with van der Waals surface area (Å²) < 4.78 is 10.5. The minimum atomic E-state index is -0.887. The molecule has 1 unspecified atom stereocenters. The van der Waals surface area contributed by atoms with Crippen molar-refractivity contribution in [1.29, 1.82) is 0 Å². The van der Waals surface area contributed by atoms with E-state index < -0.39 is 11.6 Å². The Balaban J connectivity index is 1.60. The van der Waals surface area contributed by atoms with Crippen LogP contribution in [0.15, 0.2) is 48.5 Å². The summed E-state index contributed by atoms with van der Waals surface area (Å²) >= 11 is 0. The van der Waals surface area contributed by atoms with Crippen LogP contribution in [-0.4, -0.2) is 42.0 Å². The lowest BCUT2D eigenvalue weighted by atomic mass is 9.98. The first-order chi connectivity index (χ1) is 13.4. The van der Waals surface area contributed by atoms with Crippen molar-refractivity contribution in [3.8, 4) is 11.5 Å². The monoisotopic (exact) mass is 380 g/mol. The number of methoxy groups -OCH3 is 1. The number of esters is 1. The summed E-state index contributed by atoms with van der Waals surface area (Å²) in [5, 5.41) is 0. The number of carbonyl (C=O) groups excluding carboxylic acids is 3. The van der Waals surface area contributed by atoms with Crippen LogP contribution in [0, 0.1) is 0 Å². The summed E-state index contributed by atoms with van der Waals surface area (Å²) in [6.07, 6.45) is 0.782. The Morgan fingerprint density at radius 1 is 1.07 bits per heavy atom. The average Bonchev–Trinajstić information content (AvgIpc) is 3.01. The molecule has 2 aliphatic heterocycles. The number of anilines is 1. The molecule has 4 rings (SSSR count). The first-order valence-corrected chi connectivity index (χ1v) is 9.03. The number of hydrogen-bond donors (Lipinski definition) is 0. The maximum absolute atomic E-state index is 13.1. The fraction of sp³-hybridized carbons (Fsp3) is 0.286. The van der Waals surface area contributed by atoms with Gasteiger partial charge in [0.1, 0.15) is 23.7 Å². The van der Waals surface area contributed by atoms with Crippen molar-refractivity contribution in [2.45, 2.75) is 25.4 Å². The number of rotatable bonds is 4. The van der Waals surface area contributed by atoms with E-state index in [2.05, 4.69) is 0 Å². The number of ether oxygens (including phenoxy) is 2. The van der Waals surface area contributed by atoms with E-state index in [1.807, 2.05) is 6.92 Å². The molecular weight excluding hydrogens is 360 g/mol. The Hall–Kier alpha value is -3.35. The van der Waals surface area contributed by atoms with Gasteiger partial charge in [0, 0.05) is 6.42 Å². The van der Waals surface area contributed by atoms with Crippen LogP contribution >= 0.6 is 0 Å². The molecule has 0 spiro atoms. The van der Waals surface area contributed by atoms with Crippen LogP contribution in [-0.2, 0) is 9.59 Å². The van der Waals surface area contributed by atoms with Crippen LogP contribution in [0.2, 0.25) is 0 Å². The Morgan fingerprint density at radius 3 is 2.46 bits per heavy atom. The number of hydrogen-bond acceptors (Lipinski definition) is 5. The Morgan fingerprint density at radius 2 is 1.75 bits per heavy atom. The van der Waals surface area contributed by atoms with Crippen LogP contribution < -0.4 is 14.4 Å². The normalized spacial score (nSPS) is 20.6. The van der Waals surface area contributed by atoms with E-state index in [1.165, 1.54) is 4.90 Å². The molecule has 7 nitrogen and oxygen atoms in total. The van der Waals surface area contributed by atoms with Crippen LogP contribution in [0.4, 0.5) is 5.69 Å². The van der Waals surface area contributed by atoms with Gasteiger partial charge in [0.2, 0.25) is 5.91 Å². The van der Waals surface area contributed by atoms with E-state index in [0.29, 0.717) is 35.6 Å². The second kappa shape index (κ2) is 6.67. The number of fused-ring (bicyclic) bond motifs is 3. The van der Waals surface area contributed by atoms with E-state index in [-0.39, 0.29) is 18.4 Å². The van der Waals surface area contributed by atoms with Gasteiger partial charge in [0.15, 0.2) is 0 Å². The van der Waals surface area contributed by atoms with Gasteiger partial charge in [-0.05, 0) is 49.7 Å². The fourth-order valence-electron chi connectivity index (χ4n) is 3.88. The van der Waals surface area contributed by atoms with Gasteiger partial charge in [0.25, 0.3) is 5.91 Å². The highest BCUT2D eigenvalue weighted by atomic mass is 16.5. The van der Waals surface area contributed by atoms with Gasteiger partial charge >= 0.3 is 5.97 Å². The van der Waals surface area contributed by atoms with Crippen molar-refractivity contribution in [3.05, 3.63) is 54.1 Å². The molecule has 28 heavy (non-hydrogen) atoms. The van der Waals surface area contributed by atoms with Crippen LogP contribution in [0.3, 0.4) is 0 Å². The molecule has 0 N–H and O–H groups in total. The van der Waals surface area contributed by atoms with E-state index in [4.69, 9.17) is 9.47 Å². The molecule has 7 heteroatoms. The highest BCUT2D eigenvalue weighted by molar-refractivity contribution is 6.10. The number of carbonyl (C=O) groups is 3. The highest BCUT2D eigenvalue weighted by Crippen LogP contribution is 2.43. The Labute approximate surface area is 162 Å². The molecule has 144 valence electrons. The van der Waals surface area contributed by atoms with Gasteiger partial charge in [-0.2, -0.15) is 0 Å². The summed E-state index contributed by atoms with van der Waals surface area (Å²) in [6, 6.07) is 13.6. The van der Waals surface area contributed by atoms with Gasteiger partial charge < -0.3 is 14.4 Å². The molecule has 2 amide bonds. The second-order valence-corrected chi connectivity index (χ2v) is 7.00. The highest BCUT2D eigenvalue weighted by Gasteiger charge is 2.53. The van der Waals surface area contributed by atoms with Gasteiger partial charge in [-0.25, -0.2) is 4.79 Å². The lowest BCUT2D eigenvalue weighted by Crippen LogP contribution is -2.63. The number of benzene rings is 2. The number of nitrogens with zero attached hydrogens (tertiary/aromatic N) is 2. The van der Waals surface area contributed by atoms with E-state index >= 15 is 0 Å². The van der Waals surface area contributed by atoms with Gasteiger partial charge in [-0.15, -0.1) is 0 Å². The number of para-hydroxylation sites is 1. The first-order valence-electron chi connectivity index (χ1n) is 9.03. The molecule has 0 bridgehead atoms. The van der Waals surface area contributed by atoms with Gasteiger partial charge in [0.05, 0.1) is 18.4 Å². The maximum atomic E-state index is 13.1. The molecule has 2 aromatic rings. The van der Waals surface area contributed by atoms with Gasteiger partial charge in [-0.3, -0.25) is 14.5 Å². The lowest BCUT2D eigenvalue weighted by molar-refractivity contribution is -0.136. The fourth-order valence-corrected chi connectivity index (χ4v) is 3.88. The molecule has 0 radical (unpaired) electrons. The van der Waals surface area contributed by atoms with Crippen LogP contribution in [0.25, 0.3) is 0 Å². The standard InChI is InChI=1S/C21H20N2O5/c1-21-12-11-18(24)23(21)17-6-4-3-5-16(17)20(26)22(21)13-19(25)28-15-9-7-14(27-2)8-10-15/h3-10H,11-13H2,1-2H3. The first kappa shape index (κ1) is 18.0. The molecular formula is C21H20N2O5. The molecule has 2 heterocycles. The Kier molecular flexibility index (Phi) is 4.30. The quantitative estimate of drug-likeness (QED) is 0.602. The zero-order chi connectivity index (χ0) is 19.9. The minimum Gasteiger partial charge on any atom is -0.497 e. The largest absolute Gasteiger partial charge is 0.497 e. The predicted octanol–water partition coefficient (Wildman–Crippen LogP) is 2.60. The summed E-state index contributed by atoms with van der Waals surface area (Å²) in [6.45, 7) is 1.56. The summed E-state index contributed by atoms with van der Waals surface area (Å²) in [5.41, 5.74) is 0.117. The average molecular weight is 380 g/mol. The lowest BCUT2D eigenvalue weighted by Gasteiger charge is -2.48. The third-order valence-corrected chi connectivity index (χ3v) is 5.32. The SMILES string of the molecule is COc1ccc(OC(=O)CN2C(=O)c3ccccc3N3C(=O)CCC23C)cc1. The smallest absolute Gasteiger partial charge is 0.331 e. The molecule has 2 aliphatic rings. The van der Waals surface area contributed by atoms with E-state index in [1.54, 1.807) is 60.5 Å². The third kappa shape index (κ3) is 2.79. The van der Waals surface area contributed by atoms with Crippen LogP contribution in [0.5, 0.6) is 11.5 Å². The second-order valence-electron chi connectivity index (χ2n) is 7.00. The minimum absolute atomic E-state index is 0.0593. The van der Waals surface area contributed by atoms with Crippen molar-refractivity contribution in [1.82, 2.24) is 4.90 Å². The van der Waals surface area contributed by atoms with Crippen LogP contribution in [0.1, 0.15) is 30.1 Å². The van der Waals surface area contributed by atoms with Crippen molar-refractivity contribution < 1.29 is 23.9 Å². The zero-order valence-corrected chi connectivity index (χ0v) is 15.7. The summed E-state index contributed by atoms with van der Waals surface area (Å²) in [4.78, 5) is 41.3. The molecule has 2 aromatic carbocycles. The van der Waals surface area contributed by atoms with E-state index in [0.717, 1.165) is 0 Å². The maximum Gasteiger partial charge on any atom is 0.331 e. The third-order valence-electron chi connectivity index (χ3n) is 5.32. The van der Waals surface area contributed by atoms with Gasteiger partial charge in [-0.1, -0.05) is 12.1 Å². The number of amides is 2. The van der Waals surface area contributed by atoms with Crippen molar-refractivity contribution >= 4 is 23.5 Å². The molecule has 1 saturated heterocycles.